The summed E-state index contributed by atoms with van der Waals surface area (Å²) in [5.74, 6) is -0.0848. The molecule has 5 rings (SSSR count). The number of ether oxygens (including phenoxy) is 3. The van der Waals surface area contributed by atoms with E-state index in [0.717, 1.165) is 38.8 Å². The lowest BCUT2D eigenvalue weighted by Gasteiger charge is -2.47. The highest BCUT2D eigenvalue weighted by atomic mass is 35.5. The van der Waals surface area contributed by atoms with Crippen LogP contribution in [0.1, 0.15) is 59.8 Å². The van der Waals surface area contributed by atoms with Crippen molar-refractivity contribution >= 4 is 29.3 Å². The normalized spacial score (nSPS) is 24.7. The minimum Gasteiger partial charge on any atom is -0.448 e. The zero-order valence-corrected chi connectivity index (χ0v) is 24.1. The number of nitriles is 1. The third-order valence-electron chi connectivity index (χ3n) is 8.32. The number of thioether (sulfide) groups is 1. The van der Waals surface area contributed by atoms with E-state index < -0.39 is 11.3 Å². The van der Waals surface area contributed by atoms with E-state index in [4.69, 9.17) is 31.1 Å². The molecule has 0 spiro atoms. The number of amides is 1. The number of pyridine rings is 1. The molecule has 1 atom stereocenters. The Bertz CT molecular complexity index is 1380. The molecule has 1 unspecified atom stereocenters. The van der Waals surface area contributed by atoms with Crippen LogP contribution in [0.15, 0.2) is 21.8 Å². The molecule has 1 aromatic carbocycles. The van der Waals surface area contributed by atoms with Crippen molar-refractivity contribution in [3.05, 3.63) is 49.9 Å². The number of methoxy groups -OCH3 is 1. The summed E-state index contributed by atoms with van der Waals surface area (Å²) >= 11 is 7.95. The predicted molar refractivity (Wildman–Crippen MR) is 149 cm³/mol. The van der Waals surface area contributed by atoms with Gasteiger partial charge in [-0.25, -0.2) is 0 Å². The van der Waals surface area contributed by atoms with Gasteiger partial charge in [0.1, 0.15) is 11.8 Å². The SMILES string of the molecule is COC1CN(C2CCC(C3(C)Oc4c(Cl)cc(C(=O)NCc5c(SC)cc(C#N)[nH]c5=O)c(C)c4O3)CC2)C1. The molecular formula is C28H33ClN4O5S. The van der Waals surface area contributed by atoms with Crippen molar-refractivity contribution < 1.29 is 19.0 Å². The molecule has 0 bridgehead atoms. The van der Waals surface area contributed by atoms with Crippen LogP contribution in [0.5, 0.6) is 11.5 Å². The first kappa shape index (κ1) is 27.8. The summed E-state index contributed by atoms with van der Waals surface area (Å²) in [6.45, 7) is 5.77. The molecule has 0 radical (unpaired) electrons. The average molecular weight is 573 g/mol. The van der Waals surface area contributed by atoms with Gasteiger partial charge >= 0.3 is 0 Å². The Morgan fingerprint density at radius 3 is 2.62 bits per heavy atom. The van der Waals surface area contributed by atoms with Crippen LogP contribution in [0.2, 0.25) is 5.02 Å². The van der Waals surface area contributed by atoms with E-state index in [1.165, 1.54) is 11.8 Å². The largest absolute Gasteiger partial charge is 0.448 e. The van der Waals surface area contributed by atoms with E-state index in [9.17, 15) is 9.59 Å². The monoisotopic (exact) mass is 572 g/mol. The number of halogens is 1. The Labute approximate surface area is 237 Å². The highest BCUT2D eigenvalue weighted by Crippen LogP contribution is 2.51. The van der Waals surface area contributed by atoms with E-state index in [2.05, 4.69) is 15.2 Å². The minimum atomic E-state index is -0.857. The average Bonchev–Trinajstić information content (AvgIpc) is 3.29. The summed E-state index contributed by atoms with van der Waals surface area (Å²) in [5.41, 5.74) is 1.15. The number of rotatable bonds is 7. The predicted octanol–water partition coefficient (Wildman–Crippen LogP) is 4.24. The quantitative estimate of drug-likeness (QED) is 0.473. The number of H-pyrrole nitrogens is 1. The van der Waals surface area contributed by atoms with Crippen LogP contribution in [0.3, 0.4) is 0 Å². The Hall–Kier alpha value is -2.71. The number of aromatic amines is 1. The summed E-state index contributed by atoms with van der Waals surface area (Å²) < 4.78 is 18.2. The molecule has 2 N–H and O–H groups in total. The third kappa shape index (κ3) is 5.25. The maximum atomic E-state index is 13.2. The van der Waals surface area contributed by atoms with Crippen molar-refractivity contribution in [2.45, 2.75) is 68.9 Å². The first-order valence-corrected chi connectivity index (χ1v) is 14.7. The molecule has 2 aliphatic heterocycles. The molecule has 1 amide bonds. The Kier molecular flexibility index (Phi) is 7.89. The molecule has 9 nitrogen and oxygen atoms in total. The maximum absolute atomic E-state index is 13.2. The minimum absolute atomic E-state index is 0.00461. The van der Waals surface area contributed by atoms with Gasteiger partial charge in [0.2, 0.25) is 0 Å². The van der Waals surface area contributed by atoms with Gasteiger partial charge in [-0.2, -0.15) is 5.26 Å². The second-order valence-electron chi connectivity index (χ2n) is 10.6. The molecule has 1 aliphatic carbocycles. The van der Waals surface area contributed by atoms with Gasteiger partial charge in [-0.15, -0.1) is 11.8 Å². The number of nitrogens with zero attached hydrogens (tertiary/aromatic N) is 2. The highest BCUT2D eigenvalue weighted by Gasteiger charge is 2.48. The van der Waals surface area contributed by atoms with Gasteiger partial charge in [0, 0.05) is 61.6 Å². The summed E-state index contributed by atoms with van der Waals surface area (Å²) in [5, 5.41) is 12.2. The summed E-state index contributed by atoms with van der Waals surface area (Å²) in [4.78, 5) is 31.4. The third-order valence-corrected chi connectivity index (χ3v) is 9.40. The second kappa shape index (κ2) is 11.0. The number of carbonyl (C=O) groups excluding carboxylic acids is 1. The molecule has 2 aromatic rings. The second-order valence-corrected chi connectivity index (χ2v) is 11.8. The summed E-state index contributed by atoms with van der Waals surface area (Å²) in [6, 6.07) is 5.70. The number of hydrogen-bond acceptors (Lipinski definition) is 8. The van der Waals surface area contributed by atoms with Crippen molar-refractivity contribution in [3.8, 4) is 17.6 Å². The van der Waals surface area contributed by atoms with Crippen LogP contribution in [-0.4, -0.2) is 60.2 Å². The number of fused-ring (bicyclic) bond motifs is 1. The van der Waals surface area contributed by atoms with Gasteiger partial charge in [0.25, 0.3) is 17.3 Å². The van der Waals surface area contributed by atoms with E-state index in [1.54, 1.807) is 19.2 Å². The first-order chi connectivity index (χ1) is 18.7. The molecule has 3 aliphatic rings. The first-order valence-electron chi connectivity index (χ1n) is 13.1. The van der Waals surface area contributed by atoms with Crippen LogP contribution in [-0.2, 0) is 11.3 Å². The Morgan fingerprint density at radius 1 is 1.28 bits per heavy atom. The fourth-order valence-corrected chi connectivity index (χ4v) is 6.75. The number of nitrogens with one attached hydrogen (secondary N) is 2. The molecule has 208 valence electrons. The highest BCUT2D eigenvalue weighted by molar-refractivity contribution is 7.98. The Balaban J connectivity index is 1.27. The van der Waals surface area contributed by atoms with E-state index >= 15 is 0 Å². The Morgan fingerprint density at radius 2 is 1.97 bits per heavy atom. The zero-order chi connectivity index (χ0) is 27.9. The van der Waals surface area contributed by atoms with Crippen molar-refractivity contribution in [1.29, 1.82) is 5.26 Å². The van der Waals surface area contributed by atoms with Gasteiger partial charge in [0.05, 0.1) is 16.7 Å². The van der Waals surface area contributed by atoms with E-state index in [1.807, 2.05) is 26.2 Å². The lowest BCUT2D eigenvalue weighted by atomic mass is 9.80. The molecule has 2 fully saturated rings. The van der Waals surface area contributed by atoms with Crippen LogP contribution < -0.4 is 20.3 Å². The van der Waals surface area contributed by atoms with E-state index in [0.29, 0.717) is 50.3 Å². The van der Waals surface area contributed by atoms with Gasteiger partial charge in [-0.1, -0.05) is 11.6 Å². The van der Waals surface area contributed by atoms with Crippen LogP contribution >= 0.6 is 23.4 Å². The van der Waals surface area contributed by atoms with Gasteiger partial charge in [-0.05, 0) is 51.0 Å². The van der Waals surface area contributed by atoms with E-state index in [-0.39, 0.29) is 24.1 Å². The van der Waals surface area contributed by atoms with Crippen LogP contribution in [0.25, 0.3) is 0 Å². The molecule has 11 heteroatoms. The molecule has 39 heavy (non-hydrogen) atoms. The van der Waals surface area contributed by atoms with Gasteiger partial charge in [0.15, 0.2) is 11.5 Å². The van der Waals surface area contributed by atoms with Crippen molar-refractivity contribution in [2.75, 3.05) is 26.5 Å². The topological polar surface area (TPSA) is 117 Å². The molecule has 3 heterocycles. The van der Waals surface area contributed by atoms with Gasteiger partial charge < -0.3 is 24.5 Å². The molecule has 1 saturated carbocycles. The van der Waals surface area contributed by atoms with Crippen molar-refractivity contribution in [3.63, 3.8) is 0 Å². The summed E-state index contributed by atoms with van der Waals surface area (Å²) in [7, 11) is 1.77. The maximum Gasteiger partial charge on any atom is 0.255 e. The number of carbonyl (C=O) groups is 1. The molecule has 1 aromatic heterocycles. The van der Waals surface area contributed by atoms with Crippen molar-refractivity contribution in [2.24, 2.45) is 5.92 Å². The number of likely N-dealkylation sites (tertiary alicyclic amines) is 1. The smallest absolute Gasteiger partial charge is 0.255 e. The number of aromatic nitrogens is 1. The standard InChI is InChI=1S/C28H33ClN4O5S/c1-15-20(26(34)31-12-21-23(39-4)9-17(11-30)32-27(21)35)10-22(29)25-24(15)37-28(2,38-25)16-5-7-18(8-6-16)33-13-19(14-33)36-3/h9-10,16,18-19H,5-8,12-14H2,1-4H3,(H,31,34)(H,32,35). The lowest BCUT2D eigenvalue weighted by Crippen LogP contribution is -2.57. The molecule has 1 saturated heterocycles. The summed E-state index contributed by atoms with van der Waals surface area (Å²) in [6.07, 6.45) is 6.27. The number of hydrogen-bond donors (Lipinski definition) is 2. The number of benzene rings is 1. The van der Waals surface area contributed by atoms with Crippen LogP contribution in [0.4, 0.5) is 0 Å². The fourth-order valence-electron chi connectivity index (χ4n) is 5.87. The molecular weight excluding hydrogens is 540 g/mol. The fraction of sp³-hybridized carbons (Fsp3) is 0.536. The van der Waals surface area contributed by atoms with Crippen molar-refractivity contribution in [1.82, 2.24) is 15.2 Å². The lowest BCUT2D eigenvalue weighted by molar-refractivity contribution is -0.130. The zero-order valence-electron chi connectivity index (χ0n) is 22.6. The van der Waals surface area contributed by atoms with Gasteiger partial charge in [-0.3, -0.25) is 14.5 Å². The van der Waals surface area contributed by atoms with Crippen LogP contribution in [0, 0.1) is 24.2 Å².